The molecule has 8 heteroatoms. The van der Waals surface area contributed by atoms with Crippen molar-refractivity contribution in [3.05, 3.63) is 0 Å². The maximum atomic E-state index is 11.5. The lowest BCUT2D eigenvalue weighted by atomic mass is 10.2. The fraction of sp³-hybridized carbons (Fsp3) is 0.882. The van der Waals surface area contributed by atoms with Crippen LogP contribution in [0.25, 0.3) is 0 Å². The van der Waals surface area contributed by atoms with Gasteiger partial charge < -0.3 is 19.9 Å². The van der Waals surface area contributed by atoms with E-state index in [0.29, 0.717) is 6.04 Å². The van der Waals surface area contributed by atoms with Crippen LogP contribution in [0.4, 0.5) is 0 Å². The first-order valence-electron chi connectivity index (χ1n) is 9.17. The van der Waals surface area contributed by atoms with Crippen LogP contribution in [-0.4, -0.2) is 98.7 Å². The number of carbonyl (C=O) groups is 1. The zero-order valence-electron chi connectivity index (χ0n) is 15.9. The van der Waals surface area contributed by atoms with Gasteiger partial charge in [0.2, 0.25) is 5.91 Å². The van der Waals surface area contributed by atoms with Crippen molar-refractivity contribution in [2.75, 3.05) is 66.1 Å². The molecule has 2 aliphatic heterocycles. The number of hydrogen-bond donors (Lipinski definition) is 1. The fourth-order valence-electron chi connectivity index (χ4n) is 3.46. The monoisotopic (exact) mass is 467 g/mol. The summed E-state index contributed by atoms with van der Waals surface area (Å²) < 4.78 is 5.21. The Balaban J connectivity index is 0.00000312. The van der Waals surface area contributed by atoms with Crippen LogP contribution in [0.15, 0.2) is 4.99 Å². The maximum absolute atomic E-state index is 11.5. The second-order valence-electron chi connectivity index (χ2n) is 6.51. The second-order valence-corrected chi connectivity index (χ2v) is 6.51. The molecule has 0 aromatic carbocycles. The highest BCUT2D eigenvalue weighted by molar-refractivity contribution is 14.0. The van der Waals surface area contributed by atoms with Gasteiger partial charge in [0.15, 0.2) is 5.96 Å². The Morgan fingerprint density at radius 3 is 2.48 bits per heavy atom. The lowest BCUT2D eigenvalue weighted by molar-refractivity contribution is -0.130. The second kappa shape index (κ2) is 11.9. The van der Waals surface area contributed by atoms with Crippen LogP contribution in [0, 0.1) is 0 Å². The maximum Gasteiger partial charge on any atom is 0.219 e. The molecule has 1 unspecified atom stereocenters. The molecule has 0 aromatic heterocycles. The summed E-state index contributed by atoms with van der Waals surface area (Å²) in [6, 6.07) is 0.521. The molecule has 2 saturated heterocycles. The van der Waals surface area contributed by atoms with Crippen LogP contribution < -0.4 is 5.32 Å². The molecular formula is C17H34IN5O2. The Bertz CT molecular complexity index is 427. The van der Waals surface area contributed by atoms with Gasteiger partial charge in [0, 0.05) is 59.3 Å². The van der Waals surface area contributed by atoms with Crippen molar-refractivity contribution in [3.8, 4) is 0 Å². The predicted molar refractivity (Wildman–Crippen MR) is 112 cm³/mol. The number of amides is 1. The number of methoxy groups -OCH3 is 1. The molecule has 0 spiro atoms. The molecule has 0 aromatic rings. The number of nitrogens with one attached hydrogen (secondary N) is 1. The first-order chi connectivity index (χ1) is 11.7. The molecule has 146 valence electrons. The molecular weight excluding hydrogens is 433 g/mol. The average molecular weight is 467 g/mol. The molecule has 2 fully saturated rings. The minimum Gasteiger partial charge on any atom is -0.383 e. The van der Waals surface area contributed by atoms with E-state index >= 15 is 0 Å². The van der Waals surface area contributed by atoms with Crippen LogP contribution in [0.3, 0.4) is 0 Å². The van der Waals surface area contributed by atoms with Crippen molar-refractivity contribution >= 4 is 35.8 Å². The molecule has 0 aliphatic carbocycles. The van der Waals surface area contributed by atoms with E-state index in [-0.39, 0.29) is 29.9 Å². The number of aliphatic imine (C=N–C) groups is 1. The molecule has 2 heterocycles. The SMILES string of the molecule is CCNC(=NCC1CCCN1CCOC)N1CCN(C(C)=O)CC1.I. The molecule has 2 rings (SSSR count). The lowest BCUT2D eigenvalue weighted by Gasteiger charge is -2.36. The summed E-state index contributed by atoms with van der Waals surface area (Å²) in [6.07, 6.45) is 2.46. The number of rotatable bonds is 6. The zero-order chi connectivity index (χ0) is 17.4. The molecule has 1 atom stereocenters. The van der Waals surface area contributed by atoms with Crippen LogP contribution in [0.1, 0.15) is 26.7 Å². The van der Waals surface area contributed by atoms with Crippen LogP contribution >= 0.6 is 24.0 Å². The molecule has 1 amide bonds. The van der Waals surface area contributed by atoms with Crippen molar-refractivity contribution in [2.24, 2.45) is 4.99 Å². The van der Waals surface area contributed by atoms with E-state index in [1.807, 2.05) is 4.90 Å². The smallest absolute Gasteiger partial charge is 0.219 e. The van der Waals surface area contributed by atoms with Gasteiger partial charge in [0.25, 0.3) is 0 Å². The summed E-state index contributed by atoms with van der Waals surface area (Å²) in [6.45, 7) is 11.6. The standard InChI is InChI=1S/C17H33N5O2.HI/c1-4-18-17(22-10-8-20(9-11-22)15(2)23)19-14-16-6-5-7-21(16)12-13-24-3;/h16H,4-14H2,1-3H3,(H,18,19);1H. The van der Waals surface area contributed by atoms with Crippen molar-refractivity contribution in [2.45, 2.75) is 32.7 Å². The number of carbonyl (C=O) groups excluding carboxylic acids is 1. The molecule has 2 aliphatic rings. The Labute approximate surface area is 169 Å². The van der Waals surface area contributed by atoms with Gasteiger partial charge in [-0.1, -0.05) is 0 Å². The first kappa shape index (κ1) is 22.4. The van der Waals surface area contributed by atoms with E-state index in [0.717, 1.165) is 64.9 Å². The average Bonchev–Trinajstić information content (AvgIpc) is 3.04. The normalized spacial score (nSPS) is 22.0. The highest BCUT2D eigenvalue weighted by Crippen LogP contribution is 2.17. The van der Waals surface area contributed by atoms with E-state index < -0.39 is 0 Å². The van der Waals surface area contributed by atoms with E-state index in [2.05, 4.69) is 22.0 Å². The number of guanidine groups is 1. The summed E-state index contributed by atoms with van der Waals surface area (Å²) in [4.78, 5) is 23.0. The molecule has 7 nitrogen and oxygen atoms in total. The summed E-state index contributed by atoms with van der Waals surface area (Å²) in [7, 11) is 1.76. The topological polar surface area (TPSA) is 60.4 Å². The van der Waals surface area contributed by atoms with Gasteiger partial charge in [-0.05, 0) is 26.3 Å². The van der Waals surface area contributed by atoms with E-state index in [9.17, 15) is 4.79 Å². The zero-order valence-corrected chi connectivity index (χ0v) is 18.2. The number of halogens is 1. The molecule has 25 heavy (non-hydrogen) atoms. The summed E-state index contributed by atoms with van der Waals surface area (Å²) in [5, 5.41) is 3.41. The van der Waals surface area contributed by atoms with Gasteiger partial charge in [0.05, 0.1) is 13.2 Å². The minimum absolute atomic E-state index is 0. The molecule has 0 radical (unpaired) electrons. The van der Waals surface area contributed by atoms with E-state index in [1.54, 1.807) is 14.0 Å². The Morgan fingerprint density at radius 2 is 1.88 bits per heavy atom. The highest BCUT2D eigenvalue weighted by Gasteiger charge is 2.25. The van der Waals surface area contributed by atoms with Gasteiger partial charge in [0.1, 0.15) is 0 Å². The first-order valence-corrected chi connectivity index (χ1v) is 9.17. The third-order valence-corrected chi connectivity index (χ3v) is 4.89. The lowest BCUT2D eigenvalue weighted by Crippen LogP contribution is -2.53. The van der Waals surface area contributed by atoms with Gasteiger partial charge in [-0.2, -0.15) is 0 Å². The Kier molecular flexibility index (Phi) is 10.7. The predicted octanol–water partition coefficient (Wildman–Crippen LogP) is 0.845. The number of piperazine rings is 1. The minimum atomic E-state index is 0. The quantitative estimate of drug-likeness (QED) is 0.357. The van der Waals surface area contributed by atoms with E-state index in [4.69, 9.17) is 9.73 Å². The van der Waals surface area contributed by atoms with Crippen LogP contribution in [0.5, 0.6) is 0 Å². The summed E-state index contributed by atoms with van der Waals surface area (Å²) in [5.41, 5.74) is 0. The van der Waals surface area contributed by atoms with Gasteiger partial charge >= 0.3 is 0 Å². The summed E-state index contributed by atoms with van der Waals surface area (Å²) in [5.74, 6) is 1.15. The van der Waals surface area contributed by atoms with Gasteiger partial charge in [-0.25, -0.2) is 0 Å². The highest BCUT2D eigenvalue weighted by atomic mass is 127. The largest absolute Gasteiger partial charge is 0.383 e. The number of nitrogens with zero attached hydrogens (tertiary/aromatic N) is 4. The number of hydrogen-bond acceptors (Lipinski definition) is 4. The Morgan fingerprint density at radius 1 is 1.20 bits per heavy atom. The number of ether oxygens (including phenoxy) is 1. The van der Waals surface area contributed by atoms with E-state index in [1.165, 1.54) is 12.8 Å². The molecule has 1 N–H and O–H groups in total. The van der Waals surface area contributed by atoms with Crippen molar-refractivity contribution in [1.29, 1.82) is 0 Å². The molecule has 0 bridgehead atoms. The van der Waals surface area contributed by atoms with Crippen LogP contribution in [0.2, 0.25) is 0 Å². The van der Waals surface area contributed by atoms with Gasteiger partial charge in [-0.3, -0.25) is 14.7 Å². The number of likely N-dealkylation sites (tertiary alicyclic amines) is 1. The van der Waals surface area contributed by atoms with Crippen molar-refractivity contribution in [3.63, 3.8) is 0 Å². The van der Waals surface area contributed by atoms with Crippen LogP contribution in [-0.2, 0) is 9.53 Å². The fourth-order valence-corrected chi connectivity index (χ4v) is 3.46. The van der Waals surface area contributed by atoms with Crippen molar-refractivity contribution in [1.82, 2.24) is 20.0 Å². The molecule has 0 saturated carbocycles. The Hall–Kier alpha value is -0.610. The summed E-state index contributed by atoms with van der Waals surface area (Å²) >= 11 is 0. The third-order valence-electron chi connectivity index (χ3n) is 4.89. The van der Waals surface area contributed by atoms with Crippen molar-refractivity contribution < 1.29 is 9.53 Å². The third kappa shape index (κ3) is 6.90. The van der Waals surface area contributed by atoms with Gasteiger partial charge in [-0.15, -0.1) is 24.0 Å².